The van der Waals surface area contributed by atoms with Gasteiger partial charge in [0.15, 0.2) is 0 Å². The number of nitrogens with zero attached hydrogens (tertiary/aromatic N) is 1. The Morgan fingerprint density at radius 3 is 2.62 bits per heavy atom. The standard InChI is InChI=1S/C16H22N2O3/c19-15(17-8-5-11-18-9-3-4-10-18)12-13-6-1-2-7-14(13)16(20)21/h1-2,6-7H,3-5,8-12H2,(H,17,19)(H,20,21). The summed E-state index contributed by atoms with van der Waals surface area (Å²) in [6.45, 7) is 4.00. The summed E-state index contributed by atoms with van der Waals surface area (Å²) >= 11 is 0. The fourth-order valence-corrected chi connectivity index (χ4v) is 2.66. The second-order valence-electron chi connectivity index (χ2n) is 5.39. The van der Waals surface area contributed by atoms with Crippen LogP contribution in [0.25, 0.3) is 0 Å². The van der Waals surface area contributed by atoms with Crippen LogP contribution in [0.5, 0.6) is 0 Å². The van der Waals surface area contributed by atoms with Crippen LogP contribution in [0, 0.1) is 0 Å². The van der Waals surface area contributed by atoms with Crippen molar-refractivity contribution in [1.82, 2.24) is 10.2 Å². The lowest BCUT2D eigenvalue weighted by atomic mass is 10.0. The topological polar surface area (TPSA) is 69.6 Å². The Bertz CT molecular complexity index is 496. The molecule has 1 saturated heterocycles. The Kier molecular flexibility index (Phi) is 5.75. The van der Waals surface area contributed by atoms with Crippen molar-refractivity contribution in [1.29, 1.82) is 0 Å². The number of carbonyl (C=O) groups is 2. The molecular weight excluding hydrogens is 268 g/mol. The number of amides is 1. The minimum Gasteiger partial charge on any atom is -0.478 e. The molecule has 1 aromatic rings. The quantitative estimate of drug-likeness (QED) is 0.747. The van der Waals surface area contributed by atoms with E-state index in [1.807, 2.05) is 0 Å². The maximum Gasteiger partial charge on any atom is 0.335 e. The summed E-state index contributed by atoms with van der Waals surface area (Å²) in [6, 6.07) is 6.63. The van der Waals surface area contributed by atoms with Gasteiger partial charge in [0.2, 0.25) is 5.91 Å². The Morgan fingerprint density at radius 2 is 1.90 bits per heavy atom. The number of likely N-dealkylation sites (tertiary alicyclic amines) is 1. The molecule has 0 aliphatic carbocycles. The Labute approximate surface area is 125 Å². The van der Waals surface area contributed by atoms with Crippen molar-refractivity contribution in [3.8, 4) is 0 Å². The van der Waals surface area contributed by atoms with Crippen LogP contribution >= 0.6 is 0 Å². The smallest absolute Gasteiger partial charge is 0.335 e. The largest absolute Gasteiger partial charge is 0.478 e. The number of nitrogens with one attached hydrogen (secondary N) is 1. The van der Waals surface area contributed by atoms with Crippen molar-refractivity contribution < 1.29 is 14.7 Å². The average molecular weight is 290 g/mol. The summed E-state index contributed by atoms with van der Waals surface area (Å²) in [5.41, 5.74) is 0.756. The SMILES string of the molecule is O=C(Cc1ccccc1C(=O)O)NCCCN1CCCC1. The van der Waals surface area contributed by atoms with Crippen molar-refractivity contribution in [2.24, 2.45) is 0 Å². The van der Waals surface area contributed by atoms with Gasteiger partial charge >= 0.3 is 5.97 Å². The highest BCUT2D eigenvalue weighted by Crippen LogP contribution is 2.10. The first-order chi connectivity index (χ1) is 10.2. The molecule has 0 aromatic heterocycles. The highest BCUT2D eigenvalue weighted by atomic mass is 16.4. The zero-order valence-electron chi connectivity index (χ0n) is 12.2. The van der Waals surface area contributed by atoms with Crippen molar-refractivity contribution >= 4 is 11.9 Å². The molecule has 1 heterocycles. The predicted octanol–water partition coefficient (Wildman–Crippen LogP) is 1.53. The van der Waals surface area contributed by atoms with E-state index in [1.54, 1.807) is 18.2 Å². The van der Waals surface area contributed by atoms with E-state index < -0.39 is 5.97 Å². The van der Waals surface area contributed by atoms with Gasteiger partial charge < -0.3 is 15.3 Å². The van der Waals surface area contributed by atoms with Crippen molar-refractivity contribution in [2.75, 3.05) is 26.2 Å². The van der Waals surface area contributed by atoms with Gasteiger partial charge in [0.1, 0.15) is 0 Å². The van der Waals surface area contributed by atoms with Gasteiger partial charge in [0.25, 0.3) is 0 Å². The number of hydrogen-bond acceptors (Lipinski definition) is 3. The summed E-state index contributed by atoms with van der Waals surface area (Å²) in [5.74, 6) is -1.11. The Morgan fingerprint density at radius 1 is 1.19 bits per heavy atom. The van der Waals surface area contributed by atoms with E-state index in [0.29, 0.717) is 12.1 Å². The number of carboxylic acid groups (broad SMARTS) is 1. The molecule has 1 amide bonds. The monoisotopic (exact) mass is 290 g/mol. The molecule has 114 valence electrons. The minimum absolute atomic E-state index is 0.117. The van der Waals surface area contributed by atoms with Gasteiger partial charge in [-0.2, -0.15) is 0 Å². The van der Waals surface area contributed by atoms with Gasteiger partial charge in [-0.1, -0.05) is 18.2 Å². The van der Waals surface area contributed by atoms with Crippen LogP contribution < -0.4 is 5.32 Å². The third kappa shape index (κ3) is 4.86. The number of hydrogen-bond donors (Lipinski definition) is 2. The zero-order valence-corrected chi connectivity index (χ0v) is 12.2. The normalized spacial score (nSPS) is 15.0. The number of aromatic carboxylic acids is 1. The summed E-state index contributed by atoms with van der Waals surface area (Å²) in [6.07, 6.45) is 3.61. The summed E-state index contributed by atoms with van der Waals surface area (Å²) in [5, 5.41) is 11.9. The number of carbonyl (C=O) groups excluding carboxylic acids is 1. The van der Waals surface area contributed by atoms with E-state index in [1.165, 1.54) is 32.0 Å². The molecule has 1 fully saturated rings. The van der Waals surface area contributed by atoms with Gasteiger partial charge in [-0.25, -0.2) is 4.79 Å². The maximum atomic E-state index is 11.9. The molecule has 1 aliphatic rings. The molecule has 0 radical (unpaired) electrons. The van der Waals surface area contributed by atoms with E-state index in [2.05, 4.69) is 10.2 Å². The first kappa shape index (κ1) is 15.5. The van der Waals surface area contributed by atoms with Gasteiger partial charge in [-0.05, 0) is 50.5 Å². The Balaban J connectivity index is 1.73. The van der Waals surface area contributed by atoms with Crippen LogP contribution in [0.1, 0.15) is 35.2 Å². The van der Waals surface area contributed by atoms with Gasteiger partial charge in [0.05, 0.1) is 12.0 Å². The zero-order chi connectivity index (χ0) is 15.1. The number of rotatable bonds is 7. The molecule has 1 aliphatic heterocycles. The molecule has 0 spiro atoms. The van der Waals surface area contributed by atoms with Crippen LogP contribution in [0.3, 0.4) is 0 Å². The molecule has 5 heteroatoms. The van der Waals surface area contributed by atoms with E-state index >= 15 is 0 Å². The lowest BCUT2D eigenvalue weighted by Gasteiger charge is -2.14. The molecule has 21 heavy (non-hydrogen) atoms. The molecule has 2 rings (SSSR count). The van der Waals surface area contributed by atoms with Crippen LogP contribution in [-0.4, -0.2) is 48.1 Å². The van der Waals surface area contributed by atoms with E-state index in [4.69, 9.17) is 5.11 Å². The van der Waals surface area contributed by atoms with Crippen LogP contribution in [0.4, 0.5) is 0 Å². The summed E-state index contributed by atoms with van der Waals surface area (Å²) in [7, 11) is 0. The van der Waals surface area contributed by atoms with Gasteiger partial charge in [-0.15, -0.1) is 0 Å². The van der Waals surface area contributed by atoms with Crippen molar-refractivity contribution in [3.63, 3.8) is 0 Å². The molecule has 0 saturated carbocycles. The van der Waals surface area contributed by atoms with E-state index in [9.17, 15) is 9.59 Å². The Hall–Kier alpha value is -1.88. The van der Waals surface area contributed by atoms with Crippen LogP contribution in [0.15, 0.2) is 24.3 Å². The van der Waals surface area contributed by atoms with Crippen molar-refractivity contribution in [2.45, 2.75) is 25.7 Å². The number of carboxylic acids is 1. The van der Waals surface area contributed by atoms with Crippen LogP contribution in [-0.2, 0) is 11.2 Å². The van der Waals surface area contributed by atoms with Crippen LogP contribution in [0.2, 0.25) is 0 Å². The van der Waals surface area contributed by atoms with Gasteiger partial charge in [0, 0.05) is 6.54 Å². The lowest BCUT2D eigenvalue weighted by molar-refractivity contribution is -0.120. The maximum absolute atomic E-state index is 11.9. The highest BCUT2D eigenvalue weighted by Gasteiger charge is 2.13. The minimum atomic E-state index is -0.993. The number of benzene rings is 1. The highest BCUT2D eigenvalue weighted by molar-refractivity contribution is 5.91. The molecular formula is C16H22N2O3. The second kappa shape index (κ2) is 7.78. The first-order valence-corrected chi connectivity index (χ1v) is 7.47. The molecule has 5 nitrogen and oxygen atoms in total. The third-order valence-corrected chi connectivity index (χ3v) is 3.77. The van der Waals surface area contributed by atoms with E-state index in [0.717, 1.165) is 13.0 Å². The second-order valence-corrected chi connectivity index (χ2v) is 5.39. The van der Waals surface area contributed by atoms with Crippen molar-refractivity contribution in [3.05, 3.63) is 35.4 Å². The van der Waals surface area contributed by atoms with E-state index in [-0.39, 0.29) is 17.9 Å². The fraction of sp³-hybridized carbons (Fsp3) is 0.500. The first-order valence-electron chi connectivity index (χ1n) is 7.47. The fourth-order valence-electron chi connectivity index (χ4n) is 2.66. The summed E-state index contributed by atoms with van der Waals surface area (Å²) < 4.78 is 0. The third-order valence-electron chi connectivity index (χ3n) is 3.77. The summed E-state index contributed by atoms with van der Waals surface area (Å²) in [4.78, 5) is 25.3. The molecule has 1 aromatic carbocycles. The molecule has 0 unspecified atom stereocenters. The predicted molar refractivity (Wildman–Crippen MR) is 80.4 cm³/mol. The average Bonchev–Trinajstić information content (AvgIpc) is 2.97. The molecule has 0 atom stereocenters. The molecule has 0 bridgehead atoms. The lowest BCUT2D eigenvalue weighted by Crippen LogP contribution is -2.30. The molecule has 2 N–H and O–H groups in total. The van der Waals surface area contributed by atoms with Gasteiger partial charge in [-0.3, -0.25) is 4.79 Å².